The summed E-state index contributed by atoms with van der Waals surface area (Å²) in [7, 11) is 1.55. The van der Waals surface area contributed by atoms with Crippen molar-refractivity contribution in [2.75, 3.05) is 12.8 Å². The van der Waals surface area contributed by atoms with Crippen LogP contribution in [0.15, 0.2) is 41.0 Å². The average molecular weight is 336 g/mol. The van der Waals surface area contributed by atoms with Gasteiger partial charge in [-0.25, -0.2) is 4.98 Å². The van der Waals surface area contributed by atoms with Gasteiger partial charge in [-0.1, -0.05) is 0 Å². The molecule has 1 heterocycles. The van der Waals surface area contributed by atoms with E-state index in [0.29, 0.717) is 28.1 Å². The average Bonchev–Trinajstić information content (AvgIpc) is 2.47. The molecule has 0 saturated heterocycles. The van der Waals surface area contributed by atoms with Crippen molar-refractivity contribution in [1.82, 2.24) is 10.3 Å². The summed E-state index contributed by atoms with van der Waals surface area (Å²) in [4.78, 5) is 16.1. The van der Waals surface area contributed by atoms with Gasteiger partial charge in [0, 0.05) is 29.0 Å². The molecule has 5 nitrogen and oxygen atoms in total. The van der Waals surface area contributed by atoms with Crippen LogP contribution in [0.25, 0.3) is 0 Å². The zero-order valence-corrected chi connectivity index (χ0v) is 12.5. The number of halogens is 1. The molecule has 1 amide bonds. The number of nitrogen functional groups attached to an aromatic ring is 1. The van der Waals surface area contributed by atoms with Gasteiger partial charge in [0.2, 0.25) is 5.88 Å². The first-order valence-electron chi connectivity index (χ1n) is 5.92. The molecule has 2 rings (SSSR count). The zero-order chi connectivity index (χ0) is 14.5. The molecule has 20 heavy (non-hydrogen) atoms. The van der Waals surface area contributed by atoms with Gasteiger partial charge in [0.25, 0.3) is 5.91 Å². The van der Waals surface area contributed by atoms with Crippen molar-refractivity contribution in [2.24, 2.45) is 0 Å². The van der Waals surface area contributed by atoms with Crippen molar-refractivity contribution >= 4 is 27.5 Å². The maximum Gasteiger partial charge on any atom is 0.252 e. The summed E-state index contributed by atoms with van der Waals surface area (Å²) < 4.78 is 5.74. The van der Waals surface area contributed by atoms with E-state index in [2.05, 4.69) is 26.2 Å². The van der Waals surface area contributed by atoms with Crippen LogP contribution in [0.1, 0.15) is 15.9 Å². The minimum atomic E-state index is -0.194. The van der Waals surface area contributed by atoms with E-state index < -0.39 is 0 Å². The second-order valence-corrected chi connectivity index (χ2v) is 4.98. The second-order valence-electron chi connectivity index (χ2n) is 4.13. The number of methoxy groups -OCH3 is 1. The SMILES string of the molecule is COc1cc(CNC(=O)c2cc(N)ccc2Br)ccn1. The first-order chi connectivity index (χ1) is 9.60. The number of anilines is 1. The number of hydrogen-bond donors (Lipinski definition) is 2. The van der Waals surface area contributed by atoms with Crippen molar-refractivity contribution < 1.29 is 9.53 Å². The number of aromatic nitrogens is 1. The topological polar surface area (TPSA) is 77.2 Å². The lowest BCUT2D eigenvalue weighted by atomic mass is 10.2. The largest absolute Gasteiger partial charge is 0.481 e. The molecule has 0 aliphatic heterocycles. The zero-order valence-electron chi connectivity index (χ0n) is 10.9. The predicted molar refractivity (Wildman–Crippen MR) is 80.5 cm³/mol. The van der Waals surface area contributed by atoms with Crippen LogP contribution >= 0.6 is 15.9 Å². The molecule has 0 unspecified atom stereocenters. The highest BCUT2D eigenvalue weighted by molar-refractivity contribution is 9.10. The molecule has 0 atom stereocenters. The summed E-state index contributed by atoms with van der Waals surface area (Å²) in [5.74, 6) is 0.321. The Bertz CT molecular complexity index is 632. The summed E-state index contributed by atoms with van der Waals surface area (Å²) in [6.45, 7) is 0.388. The molecule has 0 radical (unpaired) electrons. The van der Waals surface area contributed by atoms with Crippen LogP contribution in [0.4, 0.5) is 5.69 Å². The highest BCUT2D eigenvalue weighted by atomic mass is 79.9. The lowest BCUT2D eigenvalue weighted by Crippen LogP contribution is -2.23. The predicted octanol–water partition coefficient (Wildman–Crippen LogP) is 2.36. The van der Waals surface area contributed by atoms with E-state index in [1.165, 1.54) is 0 Å². The van der Waals surface area contributed by atoms with Crippen LogP contribution in [-0.4, -0.2) is 18.0 Å². The molecule has 3 N–H and O–H groups in total. The monoisotopic (exact) mass is 335 g/mol. The standard InChI is InChI=1S/C14H14BrN3O2/c1-20-13-6-9(4-5-17-13)8-18-14(19)11-7-10(16)2-3-12(11)15/h2-7H,8,16H2,1H3,(H,18,19). The molecule has 0 aliphatic rings. The Labute approximate surface area is 125 Å². The Morgan fingerprint density at radius 1 is 1.40 bits per heavy atom. The van der Waals surface area contributed by atoms with E-state index in [9.17, 15) is 4.79 Å². The van der Waals surface area contributed by atoms with Gasteiger partial charge in [-0.3, -0.25) is 4.79 Å². The lowest BCUT2D eigenvalue weighted by Gasteiger charge is -2.08. The minimum Gasteiger partial charge on any atom is -0.481 e. The Kier molecular flexibility index (Phi) is 4.57. The number of pyridine rings is 1. The van der Waals surface area contributed by atoms with Crippen LogP contribution in [0.3, 0.4) is 0 Å². The number of benzene rings is 1. The second kappa shape index (κ2) is 6.38. The number of ether oxygens (including phenoxy) is 1. The molecule has 6 heteroatoms. The van der Waals surface area contributed by atoms with Gasteiger partial charge in [0.05, 0.1) is 12.7 Å². The Morgan fingerprint density at radius 2 is 2.20 bits per heavy atom. The third kappa shape index (κ3) is 3.48. The number of nitrogens with two attached hydrogens (primary N) is 1. The molecular weight excluding hydrogens is 322 g/mol. The van der Waals surface area contributed by atoms with Crippen molar-refractivity contribution in [1.29, 1.82) is 0 Å². The Hall–Kier alpha value is -2.08. The highest BCUT2D eigenvalue weighted by Crippen LogP contribution is 2.19. The summed E-state index contributed by atoms with van der Waals surface area (Å²) >= 11 is 3.33. The molecule has 1 aromatic carbocycles. The molecule has 104 valence electrons. The lowest BCUT2D eigenvalue weighted by molar-refractivity contribution is 0.0950. The number of rotatable bonds is 4. The number of hydrogen-bond acceptors (Lipinski definition) is 4. The quantitative estimate of drug-likeness (QED) is 0.841. The summed E-state index contributed by atoms with van der Waals surface area (Å²) in [6, 6.07) is 8.70. The smallest absolute Gasteiger partial charge is 0.252 e. The summed E-state index contributed by atoms with van der Waals surface area (Å²) in [5, 5.41) is 2.83. The van der Waals surface area contributed by atoms with Gasteiger partial charge >= 0.3 is 0 Å². The van der Waals surface area contributed by atoms with Crippen molar-refractivity contribution in [3.63, 3.8) is 0 Å². The van der Waals surface area contributed by atoms with Crippen LogP contribution in [0.5, 0.6) is 5.88 Å². The normalized spacial score (nSPS) is 10.1. The van der Waals surface area contributed by atoms with Crippen LogP contribution in [-0.2, 0) is 6.54 Å². The highest BCUT2D eigenvalue weighted by Gasteiger charge is 2.10. The van der Waals surface area contributed by atoms with E-state index in [1.807, 2.05) is 6.07 Å². The van der Waals surface area contributed by atoms with Crippen molar-refractivity contribution in [3.05, 3.63) is 52.1 Å². The molecule has 2 aromatic rings. The first kappa shape index (κ1) is 14.3. The molecule has 0 bridgehead atoms. The van der Waals surface area contributed by atoms with Gasteiger partial charge in [-0.2, -0.15) is 0 Å². The number of carbonyl (C=O) groups excluding carboxylic acids is 1. The van der Waals surface area contributed by atoms with Gasteiger partial charge in [0.15, 0.2) is 0 Å². The number of nitrogens with zero attached hydrogens (tertiary/aromatic N) is 1. The third-order valence-corrected chi connectivity index (χ3v) is 3.39. The van der Waals surface area contributed by atoms with Crippen molar-refractivity contribution in [3.8, 4) is 5.88 Å². The third-order valence-electron chi connectivity index (χ3n) is 2.70. The molecule has 0 aliphatic carbocycles. The van der Waals surface area contributed by atoms with E-state index in [1.54, 1.807) is 37.6 Å². The molecule has 0 saturated carbocycles. The maximum absolute atomic E-state index is 12.1. The van der Waals surface area contributed by atoms with Crippen LogP contribution in [0, 0.1) is 0 Å². The number of nitrogens with one attached hydrogen (secondary N) is 1. The Balaban J connectivity index is 2.06. The van der Waals surface area contributed by atoms with E-state index in [4.69, 9.17) is 10.5 Å². The molecule has 0 fully saturated rings. The van der Waals surface area contributed by atoms with Crippen LogP contribution < -0.4 is 15.8 Å². The van der Waals surface area contributed by atoms with Crippen molar-refractivity contribution in [2.45, 2.75) is 6.54 Å². The van der Waals surface area contributed by atoms with Gasteiger partial charge < -0.3 is 15.8 Å². The fraction of sp³-hybridized carbons (Fsp3) is 0.143. The van der Waals surface area contributed by atoms with Gasteiger partial charge in [0.1, 0.15) is 0 Å². The van der Waals surface area contributed by atoms with E-state index in [-0.39, 0.29) is 5.91 Å². The minimum absolute atomic E-state index is 0.194. The van der Waals surface area contributed by atoms with Gasteiger partial charge in [-0.05, 0) is 45.8 Å². The first-order valence-corrected chi connectivity index (χ1v) is 6.71. The molecule has 0 spiro atoms. The fourth-order valence-electron chi connectivity index (χ4n) is 1.67. The summed E-state index contributed by atoms with van der Waals surface area (Å²) in [5.41, 5.74) is 7.64. The van der Waals surface area contributed by atoms with Crippen LogP contribution in [0.2, 0.25) is 0 Å². The van der Waals surface area contributed by atoms with E-state index >= 15 is 0 Å². The van der Waals surface area contributed by atoms with E-state index in [0.717, 1.165) is 5.56 Å². The fourth-order valence-corrected chi connectivity index (χ4v) is 2.09. The van der Waals surface area contributed by atoms with Gasteiger partial charge in [-0.15, -0.1) is 0 Å². The number of carbonyl (C=O) groups is 1. The summed E-state index contributed by atoms with van der Waals surface area (Å²) in [6.07, 6.45) is 1.64. The number of amides is 1. The Morgan fingerprint density at radius 3 is 2.95 bits per heavy atom. The maximum atomic E-state index is 12.1. The molecular formula is C14H14BrN3O2. The molecule has 1 aromatic heterocycles.